The minimum absolute atomic E-state index is 0.114. The fraction of sp³-hybridized carbons (Fsp3) is 0.125. The van der Waals surface area contributed by atoms with E-state index in [9.17, 15) is 13.2 Å². The second-order valence-corrected chi connectivity index (χ2v) is 8.88. The van der Waals surface area contributed by atoms with E-state index in [0.29, 0.717) is 5.76 Å². The number of sulfonamides is 1. The molecule has 1 atom stereocenters. The number of furan rings is 1. The molecule has 1 unspecified atom stereocenters. The summed E-state index contributed by atoms with van der Waals surface area (Å²) in [4.78, 5) is 13.0. The Morgan fingerprint density at radius 3 is 2.35 bits per heavy atom. The Morgan fingerprint density at radius 1 is 0.871 bits per heavy atom. The van der Waals surface area contributed by atoms with Gasteiger partial charge >= 0.3 is 0 Å². The van der Waals surface area contributed by atoms with Gasteiger partial charge in [-0.05, 0) is 47.0 Å². The zero-order valence-electron chi connectivity index (χ0n) is 16.7. The molecule has 1 heterocycles. The van der Waals surface area contributed by atoms with Gasteiger partial charge in [0.2, 0.25) is 15.9 Å². The van der Waals surface area contributed by atoms with E-state index in [-0.39, 0.29) is 17.9 Å². The lowest BCUT2D eigenvalue weighted by Gasteiger charge is -2.19. The van der Waals surface area contributed by atoms with Crippen molar-refractivity contribution in [1.29, 1.82) is 0 Å². The van der Waals surface area contributed by atoms with Gasteiger partial charge in [-0.3, -0.25) is 4.79 Å². The first-order valence-corrected chi connectivity index (χ1v) is 11.3. The van der Waals surface area contributed by atoms with E-state index in [4.69, 9.17) is 4.42 Å². The monoisotopic (exact) mass is 434 g/mol. The molecule has 2 N–H and O–H groups in total. The molecule has 4 aromatic rings. The van der Waals surface area contributed by atoms with Crippen LogP contribution >= 0.6 is 0 Å². The molecule has 0 saturated heterocycles. The number of hydrogen-bond donors (Lipinski definition) is 2. The Morgan fingerprint density at radius 2 is 1.61 bits per heavy atom. The summed E-state index contributed by atoms with van der Waals surface area (Å²) in [7, 11) is -3.92. The van der Waals surface area contributed by atoms with E-state index < -0.39 is 22.0 Å². The molecule has 0 fully saturated rings. The van der Waals surface area contributed by atoms with Crippen LogP contribution in [0.5, 0.6) is 0 Å². The molecule has 0 radical (unpaired) electrons. The largest absolute Gasteiger partial charge is 0.467 e. The summed E-state index contributed by atoms with van der Waals surface area (Å²) in [5, 5.41) is 4.50. The number of carbonyl (C=O) groups excluding carboxylic acids is 1. The van der Waals surface area contributed by atoms with E-state index in [1.807, 2.05) is 54.6 Å². The maximum absolute atomic E-state index is 13.1. The number of benzene rings is 3. The van der Waals surface area contributed by atoms with E-state index in [2.05, 4.69) is 10.0 Å². The Balaban J connectivity index is 1.57. The molecule has 4 rings (SSSR count). The lowest BCUT2D eigenvalue weighted by molar-refractivity contribution is -0.122. The predicted molar refractivity (Wildman–Crippen MR) is 119 cm³/mol. The van der Waals surface area contributed by atoms with E-state index >= 15 is 0 Å². The van der Waals surface area contributed by atoms with Gasteiger partial charge in [0, 0.05) is 0 Å². The van der Waals surface area contributed by atoms with Crippen LogP contribution < -0.4 is 10.0 Å². The summed E-state index contributed by atoms with van der Waals surface area (Å²) in [5.74, 6) is 0.161. The van der Waals surface area contributed by atoms with Gasteiger partial charge in [0.1, 0.15) is 11.8 Å². The molecule has 0 spiro atoms. The average Bonchev–Trinajstić information content (AvgIpc) is 3.31. The molecule has 7 heteroatoms. The first kappa shape index (κ1) is 20.8. The Hall–Kier alpha value is -3.42. The van der Waals surface area contributed by atoms with Gasteiger partial charge in [0.25, 0.3) is 0 Å². The van der Waals surface area contributed by atoms with Crippen LogP contribution in [-0.2, 0) is 27.8 Å². The van der Waals surface area contributed by atoms with Crippen LogP contribution in [0.1, 0.15) is 11.3 Å². The van der Waals surface area contributed by atoms with Gasteiger partial charge < -0.3 is 9.73 Å². The van der Waals surface area contributed by atoms with Crippen LogP contribution in [0.4, 0.5) is 0 Å². The minimum atomic E-state index is -3.92. The number of carbonyl (C=O) groups is 1. The van der Waals surface area contributed by atoms with Crippen LogP contribution in [0.2, 0.25) is 0 Å². The van der Waals surface area contributed by atoms with Gasteiger partial charge in [-0.25, -0.2) is 8.42 Å². The standard InChI is InChI=1S/C24H22N2O4S/c27-24(25-17-21-11-6-14-30-21)23(15-18-7-2-1-3-8-18)26-31(28,29)22-13-12-19-9-4-5-10-20(19)16-22/h1-14,16,23,26H,15,17H2,(H,25,27). The third-order valence-electron chi connectivity index (χ3n) is 4.94. The maximum atomic E-state index is 13.1. The summed E-state index contributed by atoms with van der Waals surface area (Å²) < 4.78 is 34.0. The zero-order valence-corrected chi connectivity index (χ0v) is 17.5. The molecule has 1 aromatic heterocycles. The molecule has 3 aromatic carbocycles. The van der Waals surface area contributed by atoms with E-state index in [1.54, 1.807) is 30.3 Å². The molecule has 0 saturated carbocycles. The van der Waals surface area contributed by atoms with Crippen LogP contribution in [-0.4, -0.2) is 20.4 Å². The molecule has 0 aliphatic carbocycles. The summed E-state index contributed by atoms with van der Waals surface area (Å²) >= 11 is 0. The van der Waals surface area contributed by atoms with Crippen LogP contribution in [0, 0.1) is 0 Å². The summed E-state index contributed by atoms with van der Waals surface area (Å²) in [6, 6.07) is 24.2. The van der Waals surface area contributed by atoms with Gasteiger partial charge in [0.05, 0.1) is 17.7 Å². The molecule has 6 nitrogen and oxygen atoms in total. The fourth-order valence-corrected chi connectivity index (χ4v) is 4.57. The lowest BCUT2D eigenvalue weighted by atomic mass is 10.1. The van der Waals surface area contributed by atoms with Crippen LogP contribution in [0.3, 0.4) is 0 Å². The third kappa shape index (κ3) is 5.20. The van der Waals surface area contributed by atoms with Crippen molar-refractivity contribution in [3.63, 3.8) is 0 Å². The zero-order chi connectivity index (χ0) is 21.7. The van der Waals surface area contributed by atoms with Crippen LogP contribution in [0.15, 0.2) is 101 Å². The van der Waals surface area contributed by atoms with Gasteiger partial charge in [-0.1, -0.05) is 60.7 Å². The predicted octanol–water partition coefficient (Wildman–Crippen LogP) is 3.64. The highest BCUT2D eigenvalue weighted by Gasteiger charge is 2.26. The first-order chi connectivity index (χ1) is 15.0. The Bertz CT molecular complexity index is 1270. The quantitative estimate of drug-likeness (QED) is 0.443. The minimum Gasteiger partial charge on any atom is -0.467 e. The number of amides is 1. The SMILES string of the molecule is O=C(NCc1ccco1)C(Cc1ccccc1)NS(=O)(=O)c1ccc2ccccc2c1. The number of nitrogens with one attached hydrogen (secondary N) is 2. The molecule has 1 amide bonds. The highest BCUT2D eigenvalue weighted by atomic mass is 32.2. The smallest absolute Gasteiger partial charge is 0.241 e. The molecule has 158 valence electrons. The van der Waals surface area contributed by atoms with Gasteiger partial charge in [-0.2, -0.15) is 4.72 Å². The van der Waals surface area contributed by atoms with Crippen molar-refractivity contribution in [3.8, 4) is 0 Å². The lowest BCUT2D eigenvalue weighted by Crippen LogP contribution is -2.47. The summed E-state index contributed by atoms with van der Waals surface area (Å²) in [6.45, 7) is 0.175. The molecule has 0 bridgehead atoms. The fourth-order valence-electron chi connectivity index (χ4n) is 3.34. The van der Waals surface area contributed by atoms with Crippen molar-refractivity contribution >= 4 is 26.7 Å². The third-order valence-corrected chi connectivity index (χ3v) is 6.41. The second-order valence-electron chi connectivity index (χ2n) is 7.17. The molecule has 0 aliphatic rings. The summed E-state index contributed by atoms with van der Waals surface area (Å²) in [5.41, 5.74) is 0.849. The number of rotatable bonds is 8. The normalized spacial score (nSPS) is 12.5. The topological polar surface area (TPSA) is 88.4 Å². The van der Waals surface area contributed by atoms with E-state index in [1.165, 1.54) is 6.26 Å². The number of fused-ring (bicyclic) bond motifs is 1. The summed E-state index contributed by atoms with van der Waals surface area (Å²) in [6.07, 6.45) is 1.74. The Kier molecular flexibility index (Phi) is 6.16. The molecular formula is C24H22N2O4S. The molecule has 0 aliphatic heterocycles. The molecule has 31 heavy (non-hydrogen) atoms. The van der Waals surface area contributed by atoms with Gasteiger partial charge in [-0.15, -0.1) is 0 Å². The number of hydrogen-bond acceptors (Lipinski definition) is 4. The van der Waals surface area contributed by atoms with Crippen LogP contribution in [0.25, 0.3) is 10.8 Å². The highest BCUT2D eigenvalue weighted by Crippen LogP contribution is 2.19. The first-order valence-electron chi connectivity index (χ1n) is 9.86. The van der Waals surface area contributed by atoms with Crippen molar-refractivity contribution in [1.82, 2.24) is 10.0 Å². The van der Waals surface area contributed by atoms with Gasteiger partial charge in [0.15, 0.2) is 0 Å². The van der Waals surface area contributed by atoms with Crippen molar-refractivity contribution in [2.75, 3.05) is 0 Å². The highest BCUT2D eigenvalue weighted by molar-refractivity contribution is 7.89. The van der Waals surface area contributed by atoms with E-state index in [0.717, 1.165) is 16.3 Å². The van der Waals surface area contributed by atoms with Crippen molar-refractivity contribution in [3.05, 3.63) is 103 Å². The average molecular weight is 435 g/mol. The molecular weight excluding hydrogens is 412 g/mol. The Labute approximate surface area is 181 Å². The maximum Gasteiger partial charge on any atom is 0.241 e. The van der Waals surface area contributed by atoms with Crippen molar-refractivity contribution in [2.24, 2.45) is 0 Å². The van der Waals surface area contributed by atoms with Crippen molar-refractivity contribution < 1.29 is 17.6 Å². The van der Waals surface area contributed by atoms with Crippen molar-refractivity contribution in [2.45, 2.75) is 23.9 Å². The second kappa shape index (κ2) is 9.16.